The van der Waals surface area contributed by atoms with Gasteiger partial charge in [-0.3, -0.25) is 4.90 Å². The first kappa shape index (κ1) is 16.0. The Morgan fingerprint density at radius 1 is 0.500 bits per heavy atom. The molecule has 0 N–H and O–H groups in total. The molecule has 98 valence electrons. The standard InChI is InChI=1S/C15H33N/c1-7-13(8-2)16(14(9-3)10-4)15(11-5)12-6/h13-15H,7-12H2,1-6H3. The highest BCUT2D eigenvalue weighted by atomic mass is 15.2. The van der Waals surface area contributed by atoms with E-state index in [1.54, 1.807) is 0 Å². The summed E-state index contributed by atoms with van der Waals surface area (Å²) in [6.45, 7) is 14.0. The highest BCUT2D eigenvalue weighted by Gasteiger charge is 2.27. The van der Waals surface area contributed by atoms with Crippen LogP contribution in [-0.2, 0) is 0 Å². The average Bonchev–Trinajstić information content (AvgIpc) is 2.33. The van der Waals surface area contributed by atoms with Gasteiger partial charge in [0.25, 0.3) is 0 Å². The SMILES string of the molecule is CCC(CC)N(C(CC)CC)C(CC)CC. The van der Waals surface area contributed by atoms with Gasteiger partial charge in [0.2, 0.25) is 0 Å². The van der Waals surface area contributed by atoms with Crippen molar-refractivity contribution in [3.05, 3.63) is 0 Å². The van der Waals surface area contributed by atoms with Gasteiger partial charge in [-0.05, 0) is 38.5 Å². The summed E-state index contributed by atoms with van der Waals surface area (Å²) in [6, 6.07) is 2.36. The molecule has 0 saturated carbocycles. The molecule has 0 unspecified atom stereocenters. The summed E-state index contributed by atoms with van der Waals surface area (Å²) in [5.74, 6) is 0. The van der Waals surface area contributed by atoms with Gasteiger partial charge < -0.3 is 0 Å². The molecule has 0 aromatic heterocycles. The van der Waals surface area contributed by atoms with Gasteiger partial charge in [-0.15, -0.1) is 0 Å². The van der Waals surface area contributed by atoms with E-state index in [1.165, 1.54) is 38.5 Å². The second-order valence-corrected chi connectivity index (χ2v) is 4.86. The lowest BCUT2D eigenvalue weighted by Crippen LogP contribution is -2.48. The minimum atomic E-state index is 0.787. The fourth-order valence-electron chi connectivity index (χ4n) is 3.03. The van der Waals surface area contributed by atoms with Gasteiger partial charge >= 0.3 is 0 Å². The third-order valence-electron chi connectivity index (χ3n) is 4.09. The average molecular weight is 227 g/mol. The van der Waals surface area contributed by atoms with Gasteiger partial charge in [0.1, 0.15) is 0 Å². The van der Waals surface area contributed by atoms with E-state index in [1.807, 2.05) is 0 Å². The Balaban J connectivity index is 4.84. The van der Waals surface area contributed by atoms with Crippen molar-refractivity contribution in [2.75, 3.05) is 0 Å². The normalized spacial score (nSPS) is 12.4. The van der Waals surface area contributed by atoms with E-state index in [-0.39, 0.29) is 0 Å². The van der Waals surface area contributed by atoms with Crippen LogP contribution < -0.4 is 0 Å². The monoisotopic (exact) mass is 227 g/mol. The molecule has 0 fully saturated rings. The lowest BCUT2D eigenvalue weighted by atomic mass is 9.98. The molecule has 0 rings (SSSR count). The van der Waals surface area contributed by atoms with Crippen molar-refractivity contribution in [3.8, 4) is 0 Å². The smallest absolute Gasteiger partial charge is 0.00958 e. The molecule has 0 atom stereocenters. The van der Waals surface area contributed by atoms with Crippen molar-refractivity contribution in [3.63, 3.8) is 0 Å². The predicted octanol–water partition coefficient (Wildman–Crippen LogP) is 4.85. The Morgan fingerprint density at radius 2 is 0.688 bits per heavy atom. The van der Waals surface area contributed by atoms with Crippen LogP contribution in [0, 0.1) is 0 Å². The van der Waals surface area contributed by atoms with E-state index in [0.29, 0.717) is 0 Å². The summed E-state index contributed by atoms with van der Waals surface area (Å²) in [6.07, 6.45) is 7.77. The molecule has 0 aliphatic carbocycles. The molecule has 0 radical (unpaired) electrons. The fraction of sp³-hybridized carbons (Fsp3) is 1.00. The van der Waals surface area contributed by atoms with Crippen LogP contribution in [0.25, 0.3) is 0 Å². The van der Waals surface area contributed by atoms with E-state index in [0.717, 1.165) is 18.1 Å². The number of rotatable bonds is 9. The summed E-state index contributed by atoms with van der Waals surface area (Å²) in [5.41, 5.74) is 0. The molecule has 0 spiro atoms. The number of nitrogens with zero attached hydrogens (tertiary/aromatic N) is 1. The van der Waals surface area contributed by atoms with Gasteiger partial charge in [0, 0.05) is 18.1 Å². The Labute approximate surface area is 104 Å². The zero-order valence-corrected chi connectivity index (χ0v) is 12.4. The first-order valence-electron chi connectivity index (χ1n) is 7.47. The topological polar surface area (TPSA) is 3.24 Å². The van der Waals surface area contributed by atoms with Crippen molar-refractivity contribution in [2.24, 2.45) is 0 Å². The maximum Gasteiger partial charge on any atom is 0.00958 e. The van der Waals surface area contributed by atoms with E-state index >= 15 is 0 Å². The van der Waals surface area contributed by atoms with Crippen LogP contribution in [0.15, 0.2) is 0 Å². The van der Waals surface area contributed by atoms with Crippen LogP contribution in [0.3, 0.4) is 0 Å². The zero-order chi connectivity index (χ0) is 12.6. The third-order valence-corrected chi connectivity index (χ3v) is 4.09. The lowest BCUT2D eigenvalue weighted by molar-refractivity contribution is 0.0618. The fourth-order valence-corrected chi connectivity index (χ4v) is 3.03. The van der Waals surface area contributed by atoms with Crippen molar-refractivity contribution in [2.45, 2.75) is 98.2 Å². The summed E-state index contributed by atoms with van der Waals surface area (Å²) in [5, 5.41) is 0. The van der Waals surface area contributed by atoms with E-state index in [2.05, 4.69) is 46.4 Å². The molecule has 0 heterocycles. The Kier molecular flexibility index (Phi) is 9.02. The summed E-state index contributed by atoms with van der Waals surface area (Å²) in [4.78, 5) is 2.83. The summed E-state index contributed by atoms with van der Waals surface area (Å²) in [7, 11) is 0. The first-order chi connectivity index (χ1) is 7.69. The molecular formula is C15H33N. The highest BCUT2D eigenvalue weighted by molar-refractivity contribution is 4.82. The Hall–Kier alpha value is -0.0400. The number of hydrogen-bond acceptors (Lipinski definition) is 1. The minimum absolute atomic E-state index is 0.787. The summed E-state index contributed by atoms with van der Waals surface area (Å²) < 4.78 is 0. The maximum atomic E-state index is 2.83. The second kappa shape index (κ2) is 9.04. The van der Waals surface area contributed by atoms with Crippen molar-refractivity contribution in [1.82, 2.24) is 4.90 Å². The molecule has 0 bridgehead atoms. The maximum absolute atomic E-state index is 2.83. The van der Waals surface area contributed by atoms with Crippen LogP contribution >= 0.6 is 0 Å². The molecule has 1 nitrogen and oxygen atoms in total. The van der Waals surface area contributed by atoms with Gasteiger partial charge in [-0.1, -0.05) is 41.5 Å². The third kappa shape index (κ3) is 4.08. The van der Waals surface area contributed by atoms with Crippen LogP contribution in [0.4, 0.5) is 0 Å². The molecule has 0 aliphatic heterocycles. The number of hydrogen-bond donors (Lipinski definition) is 0. The Morgan fingerprint density at radius 3 is 0.812 bits per heavy atom. The van der Waals surface area contributed by atoms with Crippen molar-refractivity contribution < 1.29 is 0 Å². The first-order valence-corrected chi connectivity index (χ1v) is 7.47. The highest BCUT2D eigenvalue weighted by Crippen LogP contribution is 2.23. The minimum Gasteiger partial charge on any atom is -0.295 e. The van der Waals surface area contributed by atoms with E-state index in [4.69, 9.17) is 0 Å². The molecule has 1 heteroatoms. The van der Waals surface area contributed by atoms with Crippen molar-refractivity contribution >= 4 is 0 Å². The zero-order valence-electron chi connectivity index (χ0n) is 12.4. The van der Waals surface area contributed by atoms with Crippen molar-refractivity contribution in [1.29, 1.82) is 0 Å². The van der Waals surface area contributed by atoms with Gasteiger partial charge in [0.15, 0.2) is 0 Å². The molecule has 0 aliphatic rings. The molecule has 0 amide bonds. The Bertz CT molecular complexity index is 115. The molecule has 0 aromatic rings. The molecule has 0 saturated heterocycles. The van der Waals surface area contributed by atoms with Crippen LogP contribution in [0.2, 0.25) is 0 Å². The van der Waals surface area contributed by atoms with Gasteiger partial charge in [-0.25, -0.2) is 0 Å². The lowest BCUT2D eigenvalue weighted by Gasteiger charge is -2.42. The van der Waals surface area contributed by atoms with Gasteiger partial charge in [0.05, 0.1) is 0 Å². The molecule has 0 aromatic carbocycles. The largest absolute Gasteiger partial charge is 0.295 e. The van der Waals surface area contributed by atoms with E-state index < -0.39 is 0 Å². The molecular weight excluding hydrogens is 194 g/mol. The quantitative estimate of drug-likeness (QED) is 0.544. The van der Waals surface area contributed by atoms with Crippen LogP contribution in [0.1, 0.15) is 80.1 Å². The van der Waals surface area contributed by atoms with Gasteiger partial charge in [-0.2, -0.15) is 0 Å². The second-order valence-electron chi connectivity index (χ2n) is 4.86. The summed E-state index contributed by atoms with van der Waals surface area (Å²) >= 11 is 0. The van der Waals surface area contributed by atoms with Crippen LogP contribution in [0.5, 0.6) is 0 Å². The van der Waals surface area contributed by atoms with Crippen LogP contribution in [-0.4, -0.2) is 23.0 Å². The van der Waals surface area contributed by atoms with E-state index in [9.17, 15) is 0 Å². The predicted molar refractivity (Wildman–Crippen MR) is 74.9 cm³/mol. The molecule has 16 heavy (non-hydrogen) atoms.